The summed E-state index contributed by atoms with van der Waals surface area (Å²) in [4.78, 5) is 25.5. The van der Waals surface area contributed by atoms with Gasteiger partial charge < -0.3 is 4.90 Å². The first-order valence-corrected chi connectivity index (χ1v) is 6.49. The minimum Gasteiger partial charge on any atom is -0.330 e. The van der Waals surface area contributed by atoms with E-state index in [1.165, 1.54) is 12.1 Å². The Morgan fingerprint density at radius 1 is 1.32 bits per heavy atom. The Labute approximate surface area is 112 Å². The van der Waals surface area contributed by atoms with Crippen molar-refractivity contribution in [3.05, 3.63) is 35.6 Å². The summed E-state index contributed by atoms with van der Waals surface area (Å²) in [7, 11) is 0. The van der Waals surface area contributed by atoms with Crippen molar-refractivity contribution >= 4 is 11.7 Å². The first-order valence-electron chi connectivity index (χ1n) is 6.49. The first kappa shape index (κ1) is 13.7. The average Bonchev–Trinajstić information content (AvgIpc) is 2.63. The molecule has 0 saturated carbocycles. The minimum atomic E-state index is -0.681. The Bertz CT molecular complexity index is 493. The lowest BCUT2D eigenvalue weighted by atomic mass is 10.00. The molecule has 102 valence electrons. The van der Waals surface area contributed by atoms with Crippen molar-refractivity contribution in [2.24, 2.45) is 0 Å². The van der Waals surface area contributed by atoms with Crippen LogP contribution in [0.2, 0.25) is 0 Å². The van der Waals surface area contributed by atoms with Crippen LogP contribution in [0.5, 0.6) is 0 Å². The van der Waals surface area contributed by atoms with Crippen LogP contribution in [0.25, 0.3) is 0 Å². The van der Waals surface area contributed by atoms with Crippen LogP contribution in [0, 0.1) is 5.82 Å². The fourth-order valence-electron chi connectivity index (χ4n) is 2.42. The van der Waals surface area contributed by atoms with E-state index in [-0.39, 0.29) is 17.5 Å². The van der Waals surface area contributed by atoms with Gasteiger partial charge in [0.05, 0.1) is 5.54 Å². The van der Waals surface area contributed by atoms with Crippen molar-refractivity contribution in [3.63, 3.8) is 0 Å². The van der Waals surface area contributed by atoms with Gasteiger partial charge in [0, 0.05) is 19.4 Å². The fourth-order valence-corrected chi connectivity index (χ4v) is 2.42. The second-order valence-corrected chi connectivity index (χ2v) is 5.40. The number of likely N-dealkylation sites (tertiary alicyclic amines) is 1. The van der Waals surface area contributed by atoms with E-state index >= 15 is 0 Å². The largest absolute Gasteiger partial charge is 0.330 e. The highest BCUT2D eigenvalue weighted by molar-refractivity contribution is 5.95. The van der Waals surface area contributed by atoms with E-state index in [0.717, 1.165) is 5.56 Å². The molecule has 1 fully saturated rings. The Morgan fingerprint density at radius 2 is 1.95 bits per heavy atom. The van der Waals surface area contributed by atoms with Crippen LogP contribution in [-0.4, -0.2) is 28.7 Å². The van der Waals surface area contributed by atoms with Crippen LogP contribution in [0.15, 0.2) is 24.3 Å². The van der Waals surface area contributed by atoms with Gasteiger partial charge in [-0.15, -0.1) is 0 Å². The van der Waals surface area contributed by atoms with E-state index in [1.54, 1.807) is 30.9 Å². The Kier molecular flexibility index (Phi) is 3.69. The van der Waals surface area contributed by atoms with Crippen LogP contribution >= 0.6 is 0 Å². The van der Waals surface area contributed by atoms with Gasteiger partial charge in [0.15, 0.2) is 5.78 Å². The van der Waals surface area contributed by atoms with Crippen LogP contribution in [0.3, 0.4) is 0 Å². The van der Waals surface area contributed by atoms with Gasteiger partial charge >= 0.3 is 0 Å². The van der Waals surface area contributed by atoms with Crippen molar-refractivity contribution < 1.29 is 14.0 Å². The quantitative estimate of drug-likeness (QED) is 0.839. The van der Waals surface area contributed by atoms with Crippen molar-refractivity contribution in [1.82, 2.24) is 4.90 Å². The summed E-state index contributed by atoms with van der Waals surface area (Å²) in [5.74, 6) is -0.177. The maximum Gasteiger partial charge on any atom is 0.223 e. The molecular weight excluding hydrogens is 245 g/mol. The average molecular weight is 263 g/mol. The summed E-state index contributed by atoms with van der Waals surface area (Å²) in [6, 6.07) is 6.15. The summed E-state index contributed by atoms with van der Waals surface area (Å²) in [5.41, 5.74) is 0.248. The zero-order chi connectivity index (χ0) is 14.0. The lowest BCUT2D eigenvalue weighted by Gasteiger charge is -2.30. The van der Waals surface area contributed by atoms with E-state index in [9.17, 15) is 14.0 Å². The number of halogens is 1. The molecule has 0 aliphatic carbocycles. The van der Waals surface area contributed by atoms with Crippen LogP contribution in [0.1, 0.15) is 32.3 Å². The van der Waals surface area contributed by atoms with Crippen molar-refractivity contribution in [3.8, 4) is 0 Å². The molecule has 0 spiro atoms. The number of hydrogen-bond acceptors (Lipinski definition) is 2. The highest BCUT2D eigenvalue weighted by Crippen LogP contribution is 2.26. The molecule has 1 aliphatic heterocycles. The number of aryl methyl sites for hydroxylation is 1. The predicted octanol–water partition coefficient (Wildman–Crippen LogP) is 2.34. The van der Waals surface area contributed by atoms with Crippen molar-refractivity contribution in [1.29, 1.82) is 0 Å². The highest BCUT2D eigenvalue weighted by Gasteiger charge is 2.42. The highest BCUT2D eigenvalue weighted by atomic mass is 19.1. The molecule has 4 heteroatoms. The SMILES string of the molecule is CC1(C)C(=O)CCN1C(=O)CCc1ccc(F)cc1. The third-order valence-corrected chi connectivity index (χ3v) is 3.76. The summed E-state index contributed by atoms with van der Waals surface area (Å²) >= 11 is 0. The molecule has 19 heavy (non-hydrogen) atoms. The van der Waals surface area contributed by atoms with E-state index < -0.39 is 5.54 Å². The molecule has 0 aromatic heterocycles. The van der Waals surface area contributed by atoms with Crippen LogP contribution in [-0.2, 0) is 16.0 Å². The Hall–Kier alpha value is -1.71. The molecule has 0 atom stereocenters. The summed E-state index contributed by atoms with van der Waals surface area (Å²) in [5, 5.41) is 0. The Morgan fingerprint density at radius 3 is 2.47 bits per heavy atom. The molecule has 3 nitrogen and oxygen atoms in total. The van der Waals surface area contributed by atoms with E-state index in [1.807, 2.05) is 0 Å². The second kappa shape index (κ2) is 5.11. The van der Waals surface area contributed by atoms with Gasteiger partial charge in [-0.05, 0) is 38.0 Å². The maximum absolute atomic E-state index is 12.8. The van der Waals surface area contributed by atoms with Gasteiger partial charge in [-0.3, -0.25) is 9.59 Å². The number of carbonyl (C=O) groups excluding carboxylic acids is 2. The van der Waals surface area contributed by atoms with Gasteiger partial charge in [-0.1, -0.05) is 12.1 Å². The van der Waals surface area contributed by atoms with Gasteiger partial charge in [0.1, 0.15) is 5.82 Å². The zero-order valence-corrected chi connectivity index (χ0v) is 11.3. The third-order valence-electron chi connectivity index (χ3n) is 3.76. The summed E-state index contributed by atoms with van der Waals surface area (Å²) < 4.78 is 12.8. The molecule has 1 aliphatic rings. The van der Waals surface area contributed by atoms with Crippen molar-refractivity contribution in [2.75, 3.05) is 6.54 Å². The minimum absolute atomic E-state index is 0.0137. The first-order chi connectivity index (χ1) is 8.91. The number of amides is 1. The number of hydrogen-bond donors (Lipinski definition) is 0. The van der Waals surface area contributed by atoms with E-state index in [2.05, 4.69) is 0 Å². The standard InChI is InChI=1S/C15H18FNO2/c1-15(2)13(18)9-10-17(15)14(19)8-5-11-3-6-12(16)7-4-11/h3-4,6-7H,5,8-10H2,1-2H3. The smallest absolute Gasteiger partial charge is 0.223 e. The van der Waals surface area contributed by atoms with Gasteiger partial charge in [-0.25, -0.2) is 4.39 Å². The third kappa shape index (κ3) is 2.83. The van der Waals surface area contributed by atoms with Gasteiger partial charge in [0.2, 0.25) is 5.91 Å². The predicted molar refractivity (Wildman–Crippen MR) is 70.1 cm³/mol. The summed E-state index contributed by atoms with van der Waals surface area (Å²) in [6.45, 7) is 4.09. The summed E-state index contributed by atoms with van der Waals surface area (Å²) in [6.07, 6.45) is 1.36. The van der Waals surface area contributed by atoms with Gasteiger partial charge in [0.25, 0.3) is 0 Å². The molecule has 1 heterocycles. The van der Waals surface area contributed by atoms with Crippen LogP contribution < -0.4 is 0 Å². The lowest BCUT2D eigenvalue weighted by molar-refractivity contribution is -0.138. The molecule has 1 aromatic rings. The Balaban J connectivity index is 1.95. The van der Waals surface area contributed by atoms with Crippen molar-refractivity contribution in [2.45, 2.75) is 38.6 Å². The van der Waals surface area contributed by atoms with E-state index in [0.29, 0.717) is 25.8 Å². The molecule has 0 bridgehead atoms. The molecule has 1 saturated heterocycles. The normalized spacial score (nSPS) is 17.8. The monoisotopic (exact) mass is 263 g/mol. The van der Waals surface area contributed by atoms with Crippen LogP contribution in [0.4, 0.5) is 4.39 Å². The molecule has 0 radical (unpaired) electrons. The molecule has 1 aromatic carbocycles. The fraction of sp³-hybridized carbons (Fsp3) is 0.467. The number of rotatable bonds is 3. The molecule has 1 amide bonds. The molecular formula is C15H18FNO2. The topological polar surface area (TPSA) is 37.4 Å². The number of benzene rings is 1. The number of ketones is 1. The zero-order valence-electron chi connectivity index (χ0n) is 11.3. The molecule has 0 unspecified atom stereocenters. The molecule has 0 N–H and O–H groups in total. The number of carbonyl (C=O) groups is 2. The maximum atomic E-state index is 12.8. The number of nitrogens with zero attached hydrogens (tertiary/aromatic N) is 1. The molecule has 2 rings (SSSR count). The number of Topliss-reactive ketones (excluding diaryl/α,β-unsaturated/α-hetero) is 1. The lowest BCUT2D eigenvalue weighted by Crippen LogP contribution is -2.46. The van der Waals surface area contributed by atoms with E-state index in [4.69, 9.17) is 0 Å². The second-order valence-electron chi connectivity index (χ2n) is 5.40. The van der Waals surface area contributed by atoms with Gasteiger partial charge in [-0.2, -0.15) is 0 Å².